The van der Waals surface area contributed by atoms with Gasteiger partial charge in [0.15, 0.2) is 0 Å². The summed E-state index contributed by atoms with van der Waals surface area (Å²) in [6.45, 7) is 0.899. The van der Waals surface area contributed by atoms with Crippen molar-refractivity contribution in [3.8, 4) is 11.5 Å². The number of hydrogen-bond acceptors (Lipinski definition) is 7. The van der Waals surface area contributed by atoms with Crippen LogP contribution in [0.4, 0.5) is 0 Å². The fourth-order valence-electron chi connectivity index (χ4n) is 3.17. The maximum absolute atomic E-state index is 10.3. The number of hydrogen-bond donors (Lipinski definition) is 3. The highest BCUT2D eigenvalue weighted by atomic mass is 16.5. The molecule has 176 valence electrons. The van der Waals surface area contributed by atoms with Crippen LogP contribution < -0.4 is 9.47 Å². The lowest BCUT2D eigenvalue weighted by molar-refractivity contribution is 0.0196. The number of rotatable bonds is 15. The van der Waals surface area contributed by atoms with E-state index in [1.807, 2.05) is 48.5 Å². The van der Waals surface area contributed by atoms with Gasteiger partial charge in [-0.2, -0.15) is 0 Å². The SMILES string of the molecule is COc1ccc(COCC(O)CC(=CCO)C[C@@H](O)COCc2ccc(OC)cc2)cc1. The van der Waals surface area contributed by atoms with Gasteiger partial charge in [0.05, 0.1) is 59.5 Å². The molecule has 7 heteroatoms. The van der Waals surface area contributed by atoms with Crippen LogP contribution in [0.5, 0.6) is 11.5 Å². The molecule has 0 aliphatic rings. The molecule has 0 aliphatic heterocycles. The van der Waals surface area contributed by atoms with E-state index in [-0.39, 0.29) is 19.8 Å². The molecule has 0 saturated carbocycles. The van der Waals surface area contributed by atoms with Crippen LogP contribution in [0.3, 0.4) is 0 Å². The van der Waals surface area contributed by atoms with Crippen molar-refractivity contribution in [1.82, 2.24) is 0 Å². The van der Waals surface area contributed by atoms with Crippen molar-refractivity contribution in [2.75, 3.05) is 34.0 Å². The van der Waals surface area contributed by atoms with Gasteiger partial charge in [0.1, 0.15) is 11.5 Å². The Bertz CT molecular complexity index is 723. The Morgan fingerprint density at radius 1 is 0.750 bits per heavy atom. The molecule has 2 aromatic rings. The summed E-state index contributed by atoms with van der Waals surface area (Å²) in [5.41, 5.74) is 2.72. The molecule has 0 bridgehead atoms. The minimum Gasteiger partial charge on any atom is -0.497 e. The van der Waals surface area contributed by atoms with Crippen LogP contribution >= 0.6 is 0 Å². The summed E-state index contributed by atoms with van der Waals surface area (Å²) < 4.78 is 21.4. The van der Waals surface area contributed by atoms with Crippen molar-refractivity contribution in [1.29, 1.82) is 0 Å². The molecule has 0 aromatic heterocycles. The minimum atomic E-state index is -0.738. The third kappa shape index (κ3) is 9.80. The van der Waals surface area contributed by atoms with Gasteiger partial charge in [-0.1, -0.05) is 35.9 Å². The van der Waals surface area contributed by atoms with E-state index >= 15 is 0 Å². The zero-order valence-electron chi connectivity index (χ0n) is 18.8. The Kier molecular flexibility index (Phi) is 11.8. The van der Waals surface area contributed by atoms with Gasteiger partial charge in [-0.3, -0.25) is 0 Å². The Morgan fingerprint density at radius 2 is 1.16 bits per heavy atom. The maximum atomic E-state index is 10.3. The predicted molar refractivity (Wildman–Crippen MR) is 122 cm³/mol. The normalized spacial score (nSPS) is 13.6. The van der Waals surface area contributed by atoms with E-state index in [0.29, 0.717) is 26.1 Å². The lowest BCUT2D eigenvalue weighted by Gasteiger charge is -2.17. The lowest BCUT2D eigenvalue weighted by atomic mass is 10.0. The van der Waals surface area contributed by atoms with Crippen LogP contribution in [-0.4, -0.2) is 61.6 Å². The van der Waals surface area contributed by atoms with Gasteiger partial charge < -0.3 is 34.3 Å². The number of benzene rings is 2. The molecule has 3 N–H and O–H groups in total. The van der Waals surface area contributed by atoms with E-state index in [2.05, 4.69) is 0 Å². The zero-order chi connectivity index (χ0) is 23.2. The van der Waals surface area contributed by atoms with Gasteiger partial charge >= 0.3 is 0 Å². The molecule has 1 unspecified atom stereocenters. The molecule has 32 heavy (non-hydrogen) atoms. The Labute approximate surface area is 189 Å². The van der Waals surface area contributed by atoms with Crippen molar-refractivity contribution in [3.05, 3.63) is 71.3 Å². The number of aliphatic hydroxyl groups excluding tert-OH is 3. The van der Waals surface area contributed by atoms with Crippen molar-refractivity contribution in [3.63, 3.8) is 0 Å². The van der Waals surface area contributed by atoms with Crippen LogP contribution in [-0.2, 0) is 22.7 Å². The van der Waals surface area contributed by atoms with Crippen molar-refractivity contribution >= 4 is 0 Å². The number of methoxy groups -OCH3 is 2. The van der Waals surface area contributed by atoms with Gasteiger partial charge in [0.2, 0.25) is 0 Å². The summed E-state index contributed by atoms with van der Waals surface area (Å²) >= 11 is 0. The average molecular weight is 447 g/mol. The van der Waals surface area contributed by atoms with E-state index < -0.39 is 12.2 Å². The maximum Gasteiger partial charge on any atom is 0.118 e. The minimum absolute atomic E-state index is 0.152. The monoisotopic (exact) mass is 446 g/mol. The Hall–Kier alpha value is -2.42. The van der Waals surface area contributed by atoms with E-state index in [4.69, 9.17) is 18.9 Å². The van der Waals surface area contributed by atoms with Gasteiger partial charge in [-0.05, 0) is 48.2 Å². The number of ether oxygens (including phenoxy) is 4. The van der Waals surface area contributed by atoms with Gasteiger partial charge in [-0.15, -0.1) is 0 Å². The number of aliphatic hydroxyl groups is 3. The lowest BCUT2D eigenvalue weighted by Crippen LogP contribution is -2.20. The molecular weight excluding hydrogens is 412 g/mol. The molecule has 0 radical (unpaired) electrons. The van der Waals surface area contributed by atoms with E-state index in [1.165, 1.54) is 0 Å². The highest BCUT2D eigenvalue weighted by Crippen LogP contribution is 2.16. The topological polar surface area (TPSA) is 97.6 Å². The summed E-state index contributed by atoms with van der Waals surface area (Å²) in [4.78, 5) is 0. The fraction of sp³-hybridized carbons (Fsp3) is 0.440. The molecule has 0 saturated heterocycles. The summed E-state index contributed by atoms with van der Waals surface area (Å²) in [6, 6.07) is 15.1. The van der Waals surface area contributed by atoms with E-state index in [0.717, 1.165) is 28.2 Å². The first kappa shape index (κ1) is 25.8. The first-order chi connectivity index (χ1) is 15.5. The standard InChI is InChI=1S/C25H34O7/c1-29-24-7-3-19(4-8-24)15-31-17-22(27)13-21(11-12-26)14-23(28)18-32-16-20-5-9-25(30-2)10-6-20/h3-11,22-23,26-28H,12-18H2,1-2H3/t22-,23?/m1/s1. The zero-order valence-corrected chi connectivity index (χ0v) is 18.8. The van der Waals surface area contributed by atoms with Crippen LogP contribution in [0.25, 0.3) is 0 Å². The third-order valence-corrected chi connectivity index (χ3v) is 4.85. The Morgan fingerprint density at radius 3 is 1.50 bits per heavy atom. The summed E-state index contributed by atoms with van der Waals surface area (Å²) in [5.74, 6) is 1.55. The fourth-order valence-corrected chi connectivity index (χ4v) is 3.17. The summed E-state index contributed by atoms with van der Waals surface area (Å²) in [7, 11) is 3.23. The highest BCUT2D eigenvalue weighted by Gasteiger charge is 2.13. The second-order valence-electron chi connectivity index (χ2n) is 7.49. The molecule has 2 rings (SSSR count). The van der Waals surface area contributed by atoms with E-state index in [9.17, 15) is 15.3 Å². The highest BCUT2D eigenvalue weighted by molar-refractivity contribution is 5.27. The molecule has 0 fully saturated rings. The molecule has 0 amide bonds. The van der Waals surface area contributed by atoms with Crippen LogP contribution in [0, 0.1) is 0 Å². The van der Waals surface area contributed by atoms with Crippen molar-refractivity contribution in [2.24, 2.45) is 0 Å². The second-order valence-corrected chi connectivity index (χ2v) is 7.49. The average Bonchev–Trinajstić information content (AvgIpc) is 2.80. The molecule has 0 spiro atoms. The van der Waals surface area contributed by atoms with Gasteiger partial charge in [0.25, 0.3) is 0 Å². The first-order valence-corrected chi connectivity index (χ1v) is 10.6. The Balaban J connectivity index is 1.69. The van der Waals surface area contributed by atoms with Crippen molar-refractivity contribution in [2.45, 2.75) is 38.3 Å². The van der Waals surface area contributed by atoms with Crippen LogP contribution in [0.2, 0.25) is 0 Å². The second kappa shape index (κ2) is 14.6. The van der Waals surface area contributed by atoms with Gasteiger partial charge in [0, 0.05) is 0 Å². The molecule has 0 aliphatic carbocycles. The largest absolute Gasteiger partial charge is 0.497 e. The van der Waals surface area contributed by atoms with Crippen molar-refractivity contribution < 1.29 is 34.3 Å². The first-order valence-electron chi connectivity index (χ1n) is 10.6. The molecule has 0 heterocycles. The summed E-state index contributed by atoms with van der Waals surface area (Å²) in [6.07, 6.45) is 0.744. The molecule has 7 nitrogen and oxygen atoms in total. The van der Waals surface area contributed by atoms with Crippen LogP contribution in [0.15, 0.2) is 60.2 Å². The third-order valence-electron chi connectivity index (χ3n) is 4.85. The predicted octanol–water partition coefficient (Wildman–Crippen LogP) is 2.86. The van der Waals surface area contributed by atoms with E-state index in [1.54, 1.807) is 20.3 Å². The molecule has 2 aromatic carbocycles. The summed E-state index contributed by atoms with van der Waals surface area (Å²) in [5, 5.41) is 29.9. The quantitative estimate of drug-likeness (QED) is 0.362. The smallest absolute Gasteiger partial charge is 0.118 e. The van der Waals surface area contributed by atoms with Crippen LogP contribution in [0.1, 0.15) is 24.0 Å². The molecule has 2 atom stereocenters. The molecular formula is C25H34O7. The van der Waals surface area contributed by atoms with Gasteiger partial charge in [-0.25, -0.2) is 0 Å².